The van der Waals surface area contributed by atoms with Gasteiger partial charge in [0.1, 0.15) is 24.7 Å². The average Bonchev–Trinajstić information content (AvgIpc) is 3.90. The summed E-state index contributed by atoms with van der Waals surface area (Å²) >= 11 is 0. The van der Waals surface area contributed by atoms with Crippen LogP contribution >= 0.6 is 0 Å². The third-order valence-corrected chi connectivity index (χ3v) is 9.30. The van der Waals surface area contributed by atoms with Crippen molar-refractivity contribution >= 4 is 53.0 Å². The molecule has 302 valence electrons. The molecule has 2 saturated heterocycles. The number of azo groups is 1. The van der Waals surface area contributed by atoms with Crippen LogP contribution in [0.4, 0.5) is 16.2 Å². The van der Waals surface area contributed by atoms with Gasteiger partial charge in [0.2, 0.25) is 17.7 Å². The highest BCUT2D eigenvalue weighted by Crippen LogP contribution is 2.24. The third-order valence-electron chi connectivity index (χ3n) is 9.30. The van der Waals surface area contributed by atoms with Crippen molar-refractivity contribution in [3.63, 3.8) is 0 Å². The quantitative estimate of drug-likeness (QED) is 0.0421. The molecule has 0 bridgehead atoms. The predicted octanol–water partition coefficient (Wildman–Crippen LogP) is 2.46. The summed E-state index contributed by atoms with van der Waals surface area (Å²) in [4.78, 5) is 85.2. The highest BCUT2D eigenvalue weighted by Gasteiger charge is 2.43. The van der Waals surface area contributed by atoms with Gasteiger partial charge in [0.25, 0.3) is 5.91 Å². The Morgan fingerprint density at radius 1 is 0.982 bits per heavy atom. The first kappa shape index (κ1) is 42.8. The van der Waals surface area contributed by atoms with Crippen LogP contribution in [0.3, 0.4) is 0 Å². The lowest BCUT2D eigenvalue weighted by Gasteiger charge is -2.31. The van der Waals surface area contributed by atoms with Gasteiger partial charge in [-0.15, -0.1) is 0 Å². The number of imide groups is 1. The summed E-state index contributed by atoms with van der Waals surface area (Å²) in [5.41, 5.74) is 12.7. The first-order chi connectivity index (χ1) is 26.8. The highest BCUT2D eigenvalue weighted by atomic mass is 16.5. The maximum Gasteiger partial charge on any atom is 0.414 e. The molecule has 0 radical (unpaired) electrons. The minimum Gasteiger partial charge on any atom is -0.465 e. The predicted molar refractivity (Wildman–Crippen MR) is 206 cm³/mol. The molecule has 5 amide bonds. The Balaban J connectivity index is 1.42. The number of nitrogens with one attached hydrogen (secondary N) is 3. The Bertz CT molecular complexity index is 1730. The van der Waals surface area contributed by atoms with Crippen LogP contribution in [0, 0.1) is 5.92 Å². The lowest BCUT2D eigenvalue weighted by Crippen LogP contribution is -2.57. The number of ether oxygens (including phenoxy) is 1. The van der Waals surface area contributed by atoms with Crippen LogP contribution in [0.1, 0.15) is 64.4 Å². The molecule has 8 N–H and O–H groups in total. The first-order valence-corrected chi connectivity index (χ1v) is 18.8. The van der Waals surface area contributed by atoms with Crippen LogP contribution in [0.5, 0.6) is 0 Å². The fraction of sp³-hybridized carbons (Fsp3) is 0.500. The van der Waals surface area contributed by atoms with E-state index in [9.17, 15) is 33.9 Å². The lowest BCUT2D eigenvalue weighted by atomic mass is 10.0. The second-order valence-electron chi connectivity index (χ2n) is 14.1. The number of carboxylic acid groups (broad SMARTS) is 1. The Kier molecular flexibility index (Phi) is 16.3. The van der Waals surface area contributed by atoms with E-state index in [-0.39, 0.29) is 56.7 Å². The highest BCUT2D eigenvalue weighted by molar-refractivity contribution is 6.00. The first-order valence-electron chi connectivity index (χ1n) is 18.8. The van der Waals surface area contributed by atoms with Gasteiger partial charge in [-0.25, -0.2) is 14.5 Å². The summed E-state index contributed by atoms with van der Waals surface area (Å²) in [5, 5.41) is 27.1. The number of carbonyl (C=O) groups excluding carboxylic acids is 5. The Morgan fingerprint density at radius 2 is 1.68 bits per heavy atom. The van der Waals surface area contributed by atoms with E-state index in [0.29, 0.717) is 47.6 Å². The topological polar surface area (TPSA) is 264 Å². The molecule has 2 aliphatic rings. The monoisotopic (exact) mass is 776 g/mol. The largest absolute Gasteiger partial charge is 0.465 e. The van der Waals surface area contributed by atoms with Crippen LogP contribution in [-0.2, 0) is 35.3 Å². The summed E-state index contributed by atoms with van der Waals surface area (Å²) in [7, 11) is 0. The zero-order chi connectivity index (χ0) is 40.6. The number of rotatable bonds is 18. The number of esters is 1. The second-order valence-corrected chi connectivity index (χ2v) is 14.1. The molecule has 18 heteroatoms. The number of amides is 5. The van der Waals surface area contributed by atoms with E-state index in [2.05, 4.69) is 31.2 Å². The molecule has 18 nitrogen and oxygen atoms in total. The van der Waals surface area contributed by atoms with Crippen LogP contribution in [0.2, 0.25) is 0 Å². The molecule has 2 fully saturated rings. The molecular weight excluding hydrogens is 724 g/mol. The SMILES string of the molecule is CC(C)C[C@H](NC(=O)[C@@H]1CCCN1)C(=O)NCC(=O)N1CCC[C@H]1C(=O)N(C(=O)O)[C@H](CCCN=C(N)N)C(=O)OCc1ccc(N=Nc2ccccc2)cc1. The summed E-state index contributed by atoms with van der Waals surface area (Å²) in [6.07, 6.45) is 0.610. The van der Waals surface area contributed by atoms with Crippen molar-refractivity contribution in [2.45, 2.75) is 89.6 Å². The zero-order valence-corrected chi connectivity index (χ0v) is 31.8. The lowest BCUT2D eigenvalue weighted by molar-refractivity contribution is -0.157. The second kappa shape index (κ2) is 21.3. The Labute approximate surface area is 325 Å². The number of benzene rings is 2. The van der Waals surface area contributed by atoms with Crippen molar-refractivity contribution in [3.8, 4) is 0 Å². The smallest absolute Gasteiger partial charge is 0.414 e. The number of nitrogens with zero attached hydrogens (tertiary/aromatic N) is 5. The van der Waals surface area contributed by atoms with E-state index in [4.69, 9.17) is 16.2 Å². The minimum atomic E-state index is -1.71. The molecule has 2 aromatic rings. The average molecular weight is 777 g/mol. The standard InChI is InChI=1S/C38H52N10O8/c1-24(2)21-29(44-34(51)28-11-6-18-41-28)33(50)43-22-32(49)47-20-8-13-30(47)35(52)48(38(54)55)31(12-7-19-42-37(39)40)36(53)56-23-25-14-16-27(17-15-25)46-45-26-9-4-3-5-10-26/h3-5,9-10,14-17,24,28-31,41H,6-8,11-13,18-23H2,1-2H3,(H,43,50)(H,44,51)(H,54,55)(H4,39,40,42)/t28-,29-,30-,31+/m0/s1. The van der Waals surface area contributed by atoms with Gasteiger partial charge in [-0.1, -0.05) is 44.2 Å². The van der Waals surface area contributed by atoms with E-state index in [0.717, 1.165) is 6.42 Å². The molecule has 0 saturated carbocycles. The number of carbonyl (C=O) groups is 6. The molecule has 4 atom stereocenters. The molecule has 0 aromatic heterocycles. The molecule has 0 aliphatic carbocycles. The van der Waals surface area contributed by atoms with Gasteiger partial charge in [-0.2, -0.15) is 10.2 Å². The minimum absolute atomic E-state index is 0.0515. The fourth-order valence-electron chi connectivity index (χ4n) is 6.50. The van der Waals surface area contributed by atoms with Crippen molar-refractivity contribution in [1.82, 2.24) is 25.8 Å². The van der Waals surface area contributed by atoms with E-state index in [1.807, 2.05) is 44.2 Å². The maximum atomic E-state index is 14.0. The van der Waals surface area contributed by atoms with Crippen molar-refractivity contribution in [2.24, 2.45) is 32.6 Å². The summed E-state index contributed by atoms with van der Waals surface area (Å²) in [5.74, 6) is -3.57. The van der Waals surface area contributed by atoms with E-state index in [1.165, 1.54) is 4.90 Å². The summed E-state index contributed by atoms with van der Waals surface area (Å²) in [6, 6.07) is 11.8. The van der Waals surface area contributed by atoms with Crippen molar-refractivity contribution in [2.75, 3.05) is 26.2 Å². The molecule has 0 unspecified atom stereocenters. The van der Waals surface area contributed by atoms with Gasteiger partial charge < -0.3 is 42.2 Å². The maximum absolute atomic E-state index is 14.0. The van der Waals surface area contributed by atoms with Gasteiger partial charge in [-0.3, -0.25) is 24.2 Å². The molecule has 2 aromatic carbocycles. The van der Waals surface area contributed by atoms with Crippen LogP contribution < -0.4 is 27.4 Å². The molecular formula is C38H52N10O8. The number of hydrogen-bond acceptors (Lipinski definition) is 11. The van der Waals surface area contributed by atoms with Crippen LogP contribution in [0.25, 0.3) is 0 Å². The van der Waals surface area contributed by atoms with E-state index >= 15 is 0 Å². The van der Waals surface area contributed by atoms with Crippen LogP contribution in [0.15, 0.2) is 69.8 Å². The van der Waals surface area contributed by atoms with Crippen molar-refractivity contribution in [1.29, 1.82) is 0 Å². The summed E-state index contributed by atoms with van der Waals surface area (Å²) in [6.45, 7) is 3.98. The fourth-order valence-corrected chi connectivity index (χ4v) is 6.50. The van der Waals surface area contributed by atoms with Gasteiger partial charge in [0, 0.05) is 13.1 Å². The van der Waals surface area contributed by atoms with Gasteiger partial charge >= 0.3 is 12.1 Å². The third kappa shape index (κ3) is 12.9. The number of hydrogen-bond donors (Lipinski definition) is 6. The molecule has 2 aliphatic heterocycles. The number of likely N-dealkylation sites (tertiary alicyclic amines) is 1. The van der Waals surface area contributed by atoms with Crippen LogP contribution in [-0.4, -0.2) is 107 Å². The van der Waals surface area contributed by atoms with Crippen molar-refractivity contribution < 1.29 is 38.6 Å². The van der Waals surface area contributed by atoms with E-state index < -0.39 is 60.5 Å². The van der Waals surface area contributed by atoms with E-state index in [1.54, 1.807) is 24.3 Å². The van der Waals surface area contributed by atoms with Gasteiger partial charge in [0.05, 0.1) is 24.0 Å². The Hall–Kier alpha value is -5.91. The molecule has 2 heterocycles. The molecule has 0 spiro atoms. The van der Waals surface area contributed by atoms with Gasteiger partial charge in [-0.05, 0) is 87.2 Å². The molecule has 56 heavy (non-hydrogen) atoms. The normalized spacial score (nSPS) is 17.6. The summed E-state index contributed by atoms with van der Waals surface area (Å²) < 4.78 is 5.53. The van der Waals surface area contributed by atoms with Gasteiger partial charge in [0.15, 0.2) is 5.96 Å². The van der Waals surface area contributed by atoms with Crippen molar-refractivity contribution in [3.05, 3.63) is 60.2 Å². The number of guanidine groups is 1. The Morgan fingerprint density at radius 3 is 2.30 bits per heavy atom. The zero-order valence-electron chi connectivity index (χ0n) is 31.8. The number of nitrogens with two attached hydrogens (primary N) is 2. The molecule has 4 rings (SSSR count). The number of aliphatic imine (C=N–C) groups is 1.